The molecule has 1 saturated heterocycles. The molecule has 1 aliphatic heterocycles. The molecular weight excluding hydrogens is 465 g/mol. The largest absolute Gasteiger partial charge is 0.416 e. The Bertz CT molecular complexity index is 912. The molecule has 11 heteroatoms. The average Bonchev–Trinajstić information content (AvgIpc) is 3.16. The molecule has 0 radical (unpaired) electrons. The summed E-state index contributed by atoms with van der Waals surface area (Å²) in [7, 11) is 1.33. The molecule has 0 aliphatic carbocycles. The van der Waals surface area contributed by atoms with Crippen molar-refractivity contribution in [1.82, 2.24) is 10.2 Å². The topological polar surface area (TPSA) is 32.3 Å². The zero-order valence-corrected chi connectivity index (χ0v) is 17.5. The molecule has 3 nitrogen and oxygen atoms in total. The van der Waals surface area contributed by atoms with Gasteiger partial charge in [-0.15, -0.1) is 12.4 Å². The van der Waals surface area contributed by atoms with Crippen LogP contribution in [0.5, 0.6) is 0 Å². The highest BCUT2D eigenvalue weighted by molar-refractivity contribution is 5.85. The van der Waals surface area contributed by atoms with Crippen molar-refractivity contribution in [3.8, 4) is 0 Å². The number of nitrogens with one attached hydrogen (secondary N) is 1. The summed E-state index contributed by atoms with van der Waals surface area (Å²) in [5.41, 5.74) is -2.41. The molecule has 3 rings (SSSR count). The van der Waals surface area contributed by atoms with Gasteiger partial charge in [0, 0.05) is 32.6 Å². The molecule has 0 bridgehead atoms. The predicted octanol–water partition coefficient (Wildman–Crippen LogP) is 5.25. The lowest BCUT2D eigenvalue weighted by atomic mass is 9.88. The molecule has 2 aromatic rings. The fourth-order valence-corrected chi connectivity index (χ4v) is 3.74. The molecule has 1 aliphatic rings. The van der Waals surface area contributed by atoms with Gasteiger partial charge in [-0.05, 0) is 41.5 Å². The predicted molar refractivity (Wildman–Crippen MR) is 106 cm³/mol. The van der Waals surface area contributed by atoms with Crippen LogP contribution in [0.2, 0.25) is 0 Å². The van der Waals surface area contributed by atoms with Gasteiger partial charge < -0.3 is 10.2 Å². The van der Waals surface area contributed by atoms with Crippen molar-refractivity contribution in [2.75, 3.05) is 20.1 Å². The first kappa shape index (κ1) is 25.9. The number of rotatable bonds is 4. The van der Waals surface area contributed by atoms with E-state index in [1.807, 2.05) is 0 Å². The third-order valence-corrected chi connectivity index (χ3v) is 5.27. The Hall–Kier alpha value is -2.33. The maximum atomic E-state index is 13.2. The molecule has 0 aromatic heterocycles. The Balaban J connectivity index is 0.00000363. The van der Waals surface area contributed by atoms with Gasteiger partial charge in [-0.25, -0.2) is 4.39 Å². The highest BCUT2D eigenvalue weighted by atomic mass is 35.5. The first-order chi connectivity index (χ1) is 14.4. The van der Waals surface area contributed by atoms with Crippen LogP contribution in [0.25, 0.3) is 0 Å². The van der Waals surface area contributed by atoms with Crippen molar-refractivity contribution in [1.29, 1.82) is 0 Å². The zero-order valence-electron chi connectivity index (χ0n) is 16.7. The van der Waals surface area contributed by atoms with E-state index in [1.54, 1.807) is 12.1 Å². The lowest BCUT2D eigenvalue weighted by Crippen LogP contribution is -2.35. The summed E-state index contributed by atoms with van der Waals surface area (Å²) < 4.78 is 91.6. The van der Waals surface area contributed by atoms with Gasteiger partial charge in [-0.3, -0.25) is 4.79 Å². The minimum atomic E-state index is -4.96. The van der Waals surface area contributed by atoms with Gasteiger partial charge in [0.05, 0.1) is 17.0 Å². The van der Waals surface area contributed by atoms with Gasteiger partial charge in [0.1, 0.15) is 5.82 Å². The number of alkyl halides is 6. The molecule has 1 heterocycles. The Morgan fingerprint density at radius 3 is 2.00 bits per heavy atom. The Morgan fingerprint density at radius 2 is 1.50 bits per heavy atom. The first-order valence-electron chi connectivity index (χ1n) is 9.36. The van der Waals surface area contributed by atoms with Crippen LogP contribution in [0.3, 0.4) is 0 Å². The van der Waals surface area contributed by atoms with Gasteiger partial charge >= 0.3 is 12.4 Å². The fourth-order valence-electron chi connectivity index (χ4n) is 3.74. The monoisotopic (exact) mass is 484 g/mol. The lowest BCUT2D eigenvalue weighted by molar-refractivity contribution is -0.143. The molecule has 0 saturated carbocycles. The standard InChI is InChI=1S/C21H19F7N2O.ClH/c1-30(11-12-6-14(20(23,24)25)8-15(7-12)21(26,27)28)19(31)18-10-29-9-17(18)13-2-4-16(22)5-3-13;/h2-8,17-18,29H,9-11H2,1H3;1H/t17-,18+;/m1./s1. The van der Waals surface area contributed by atoms with Crippen molar-refractivity contribution in [3.05, 3.63) is 70.5 Å². The SMILES string of the molecule is CN(Cc1cc(C(F)(F)F)cc(C(F)(F)F)c1)C(=O)[C@H]1CNC[C@@H]1c1ccc(F)cc1.Cl. The molecule has 0 unspecified atom stereocenters. The molecule has 1 fully saturated rings. The molecule has 2 aromatic carbocycles. The minimum absolute atomic E-state index is 0. The maximum Gasteiger partial charge on any atom is 0.416 e. The van der Waals surface area contributed by atoms with Gasteiger partial charge in [0.25, 0.3) is 0 Å². The van der Waals surface area contributed by atoms with Crippen LogP contribution >= 0.6 is 12.4 Å². The highest BCUT2D eigenvalue weighted by Crippen LogP contribution is 2.37. The summed E-state index contributed by atoms with van der Waals surface area (Å²) in [5.74, 6) is -1.73. The molecule has 0 spiro atoms. The van der Waals surface area contributed by atoms with Crippen LogP contribution < -0.4 is 5.32 Å². The van der Waals surface area contributed by atoms with E-state index in [-0.39, 0.29) is 30.0 Å². The van der Waals surface area contributed by atoms with E-state index in [1.165, 1.54) is 19.2 Å². The summed E-state index contributed by atoms with van der Waals surface area (Å²) in [6.07, 6.45) is -9.91. The second-order valence-electron chi connectivity index (χ2n) is 7.53. The van der Waals surface area contributed by atoms with Gasteiger partial charge in [-0.1, -0.05) is 12.1 Å². The normalized spacial score (nSPS) is 18.9. The lowest BCUT2D eigenvalue weighted by Gasteiger charge is -2.25. The van der Waals surface area contributed by atoms with Crippen molar-refractivity contribution in [2.24, 2.45) is 5.92 Å². The fraction of sp³-hybridized carbons (Fsp3) is 0.381. The number of amides is 1. The molecule has 2 atom stereocenters. The molecule has 1 N–H and O–H groups in total. The van der Waals surface area contributed by atoms with Gasteiger partial charge in [0.2, 0.25) is 5.91 Å². The third kappa shape index (κ3) is 5.92. The van der Waals surface area contributed by atoms with E-state index in [0.717, 1.165) is 10.5 Å². The Kier molecular flexibility index (Phi) is 7.83. The summed E-state index contributed by atoms with van der Waals surface area (Å²) in [6, 6.07) is 6.91. The van der Waals surface area contributed by atoms with E-state index in [2.05, 4.69) is 5.32 Å². The number of carbonyl (C=O) groups is 1. The minimum Gasteiger partial charge on any atom is -0.341 e. The van der Waals surface area contributed by atoms with Crippen LogP contribution in [0, 0.1) is 11.7 Å². The number of hydrogen-bond acceptors (Lipinski definition) is 2. The number of carbonyl (C=O) groups excluding carboxylic acids is 1. The molecular formula is C21H20ClF7N2O. The van der Waals surface area contributed by atoms with Crippen molar-refractivity contribution < 1.29 is 35.5 Å². The van der Waals surface area contributed by atoms with Crippen LogP contribution in [0.4, 0.5) is 30.7 Å². The number of halogens is 8. The number of nitrogens with zero attached hydrogens (tertiary/aromatic N) is 1. The van der Waals surface area contributed by atoms with E-state index in [4.69, 9.17) is 0 Å². The number of benzene rings is 2. The smallest absolute Gasteiger partial charge is 0.341 e. The van der Waals surface area contributed by atoms with Gasteiger partial charge in [0.15, 0.2) is 0 Å². The van der Waals surface area contributed by atoms with Crippen molar-refractivity contribution in [3.63, 3.8) is 0 Å². The summed E-state index contributed by atoms with van der Waals surface area (Å²) in [6.45, 7) is 0.317. The Labute approximate surface area is 186 Å². The van der Waals surface area contributed by atoms with E-state index in [0.29, 0.717) is 25.2 Å². The Morgan fingerprint density at radius 1 is 0.969 bits per heavy atom. The summed E-state index contributed by atoms with van der Waals surface area (Å²) >= 11 is 0. The number of hydrogen-bond donors (Lipinski definition) is 1. The average molecular weight is 485 g/mol. The molecule has 176 valence electrons. The van der Waals surface area contributed by atoms with Gasteiger partial charge in [-0.2, -0.15) is 26.3 Å². The quantitative estimate of drug-likeness (QED) is 0.601. The van der Waals surface area contributed by atoms with Crippen molar-refractivity contribution >= 4 is 18.3 Å². The van der Waals surface area contributed by atoms with E-state index >= 15 is 0 Å². The first-order valence-corrected chi connectivity index (χ1v) is 9.36. The second-order valence-corrected chi connectivity index (χ2v) is 7.53. The maximum absolute atomic E-state index is 13.2. The van der Waals surface area contributed by atoms with E-state index < -0.39 is 47.7 Å². The zero-order chi connectivity index (χ0) is 23.0. The van der Waals surface area contributed by atoms with Crippen LogP contribution in [0.15, 0.2) is 42.5 Å². The van der Waals surface area contributed by atoms with Crippen LogP contribution in [0.1, 0.15) is 28.2 Å². The van der Waals surface area contributed by atoms with E-state index in [9.17, 15) is 35.5 Å². The third-order valence-electron chi connectivity index (χ3n) is 5.27. The summed E-state index contributed by atoms with van der Waals surface area (Å²) in [4.78, 5) is 14.0. The molecule has 1 amide bonds. The van der Waals surface area contributed by atoms with Crippen LogP contribution in [-0.4, -0.2) is 30.9 Å². The second kappa shape index (κ2) is 9.66. The molecule has 32 heavy (non-hydrogen) atoms. The summed E-state index contributed by atoms with van der Waals surface area (Å²) in [5, 5.41) is 3.05. The van der Waals surface area contributed by atoms with Crippen molar-refractivity contribution in [2.45, 2.75) is 24.8 Å². The highest BCUT2D eigenvalue weighted by Gasteiger charge is 2.38. The van der Waals surface area contributed by atoms with Crippen LogP contribution in [-0.2, 0) is 23.7 Å².